The van der Waals surface area contributed by atoms with Crippen LogP contribution in [0.3, 0.4) is 0 Å². The lowest BCUT2D eigenvalue weighted by atomic mass is 9.71. The van der Waals surface area contributed by atoms with Crippen LogP contribution in [0.2, 0.25) is 0 Å². The van der Waals surface area contributed by atoms with Crippen molar-refractivity contribution < 1.29 is 19.6 Å². The molecule has 0 aromatic carbocycles. The van der Waals surface area contributed by atoms with E-state index in [9.17, 15) is 24.8 Å². The Labute approximate surface area is 125 Å². The van der Waals surface area contributed by atoms with Crippen LogP contribution in [-0.2, 0) is 4.79 Å². The van der Waals surface area contributed by atoms with Crippen molar-refractivity contribution in [2.45, 2.75) is 38.6 Å². The van der Waals surface area contributed by atoms with E-state index in [1.54, 1.807) is 6.92 Å². The molecular weight excluding hydrogens is 296 g/mol. The van der Waals surface area contributed by atoms with Crippen LogP contribution >= 0.6 is 11.3 Å². The molecule has 1 saturated carbocycles. The van der Waals surface area contributed by atoms with Crippen LogP contribution in [0.5, 0.6) is 0 Å². The quantitative estimate of drug-likeness (QED) is 0.655. The van der Waals surface area contributed by atoms with Crippen LogP contribution in [0.1, 0.15) is 42.3 Å². The van der Waals surface area contributed by atoms with Gasteiger partial charge in [0.1, 0.15) is 0 Å². The molecule has 0 radical (unpaired) electrons. The van der Waals surface area contributed by atoms with Gasteiger partial charge in [-0.1, -0.05) is 24.2 Å². The topological polar surface area (TPSA) is 110 Å². The summed E-state index contributed by atoms with van der Waals surface area (Å²) in [6.45, 7) is 1.64. The maximum atomic E-state index is 12.1. The summed E-state index contributed by atoms with van der Waals surface area (Å²) in [5.41, 5.74) is -0.989. The van der Waals surface area contributed by atoms with E-state index in [0.29, 0.717) is 12.8 Å². The largest absolute Gasteiger partial charge is 0.481 e. The SMILES string of the molecule is CC1(C(=O)O)CCCCC1NC(=O)c1ccc([N+](=O)[O-])s1. The summed E-state index contributed by atoms with van der Waals surface area (Å²) in [5.74, 6) is -1.38. The second-order valence-electron chi connectivity index (χ2n) is 5.39. The molecule has 0 saturated heterocycles. The van der Waals surface area contributed by atoms with Crippen LogP contribution in [0.25, 0.3) is 0 Å². The standard InChI is InChI=1S/C13H16N2O5S/c1-13(12(17)18)7-3-2-4-9(13)14-11(16)8-5-6-10(21-8)15(19)20/h5-6,9H,2-4,7H2,1H3,(H,14,16)(H,17,18). The molecule has 1 fully saturated rings. The summed E-state index contributed by atoms with van der Waals surface area (Å²) in [6.07, 6.45) is 2.79. The summed E-state index contributed by atoms with van der Waals surface area (Å²) in [4.78, 5) is 33.9. The molecule has 2 atom stereocenters. The third-order valence-corrected chi connectivity index (χ3v) is 5.03. The van der Waals surface area contributed by atoms with E-state index >= 15 is 0 Å². The van der Waals surface area contributed by atoms with Gasteiger partial charge in [0.25, 0.3) is 5.91 Å². The zero-order chi connectivity index (χ0) is 15.6. The molecule has 8 heteroatoms. The van der Waals surface area contributed by atoms with E-state index in [2.05, 4.69) is 5.32 Å². The van der Waals surface area contributed by atoms with E-state index in [1.165, 1.54) is 12.1 Å². The van der Waals surface area contributed by atoms with Crippen LogP contribution in [0, 0.1) is 15.5 Å². The van der Waals surface area contributed by atoms with Gasteiger partial charge in [-0.05, 0) is 25.8 Å². The molecule has 0 bridgehead atoms. The highest BCUT2D eigenvalue weighted by Gasteiger charge is 2.44. The molecule has 1 aliphatic carbocycles. The molecule has 0 spiro atoms. The molecule has 1 aromatic heterocycles. The van der Waals surface area contributed by atoms with Crippen molar-refractivity contribution in [2.24, 2.45) is 5.41 Å². The molecule has 1 heterocycles. The number of nitro groups is 1. The van der Waals surface area contributed by atoms with E-state index in [0.717, 1.165) is 24.2 Å². The minimum Gasteiger partial charge on any atom is -0.481 e. The summed E-state index contributed by atoms with van der Waals surface area (Å²) < 4.78 is 0. The molecule has 2 N–H and O–H groups in total. The van der Waals surface area contributed by atoms with E-state index in [4.69, 9.17) is 0 Å². The Morgan fingerprint density at radius 2 is 2.19 bits per heavy atom. The Kier molecular flexibility index (Phi) is 4.26. The van der Waals surface area contributed by atoms with Gasteiger partial charge in [-0.3, -0.25) is 19.7 Å². The Morgan fingerprint density at radius 3 is 2.76 bits per heavy atom. The van der Waals surface area contributed by atoms with Crippen LogP contribution in [-0.4, -0.2) is 27.9 Å². The van der Waals surface area contributed by atoms with Gasteiger partial charge in [0.2, 0.25) is 0 Å². The second-order valence-corrected chi connectivity index (χ2v) is 6.45. The first kappa shape index (κ1) is 15.4. The zero-order valence-corrected chi connectivity index (χ0v) is 12.3. The molecular formula is C13H16N2O5S. The van der Waals surface area contributed by atoms with Crippen LogP contribution < -0.4 is 5.32 Å². The van der Waals surface area contributed by atoms with Crippen molar-refractivity contribution in [3.05, 3.63) is 27.1 Å². The number of carboxylic acid groups (broad SMARTS) is 1. The molecule has 7 nitrogen and oxygen atoms in total. The number of rotatable bonds is 4. The highest BCUT2D eigenvalue weighted by Crippen LogP contribution is 2.36. The second kappa shape index (κ2) is 5.80. The van der Waals surface area contributed by atoms with Crippen molar-refractivity contribution >= 4 is 28.2 Å². The van der Waals surface area contributed by atoms with Gasteiger partial charge in [0, 0.05) is 12.1 Å². The number of thiophene rings is 1. The first-order valence-electron chi connectivity index (χ1n) is 6.63. The summed E-state index contributed by atoms with van der Waals surface area (Å²) >= 11 is 0.788. The summed E-state index contributed by atoms with van der Waals surface area (Å²) in [5, 5.41) is 22.6. The first-order chi connectivity index (χ1) is 9.84. The Hall–Kier alpha value is -1.96. The number of carbonyl (C=O) groups excluding carboxylic acids is 1. The minimum atomic E-state index is -0.989. The van der Waals surface area contributed by atoms with Crippen molar-refractivity contribution in [3.63, 3.8) is 0 Å². The zero-order valence-electron chi connectivity index (χ0n) is 11.5. The number of nitrogens with zero attached hydrogens (tertiary/aromatic N) is 1. The van der Waals surface area contributed by atoms with Gasteiger partial charge < -0.3 is 10.4 Å². The average molecular weight is 312 g/mol. The number of hydrogen-bond donors (Lipinski definition) is 2. The van der Waals surface area contributed by atoms with Crippen LogP contribution in [0.4, 0.5) is 5.00 Å². The van der Waals surface area contributed by atoms with Crippen molar-refractivity contribution in [2.75, 3.05) is 0 Å². The summed E-state index contributed by atoms with van der Waals surface area (Å²) in [6, 6.07) is 2.20. The first-order valence-corrected chi connectivity index (χ1v) is 7.45. The monoisotopic (exact) mass is 312 g/mol. The van der Waals surface area contributed by atoms with Gasteiger partial charge >= 0.3 is 11.0 Å². The van der Waals surface area contributed by atoms with E-state index in [1.807, 2.05) is 0 Å². The number of hydrogen-bond acceptors (Lipinski definition) is 5. The molecule has 21 heavy (non-hydrogen) atoms. The molecule has 1 amide bonds. The maximum Gasteiger partial charge on any atom is 0.324 e. The fraction of sp³-hybridized carbons (Fsp3) is 0.538. The van der Waals surface area contributed by atoms with Crippen molar-refractivity contribution in [1.82, 2.24) is 5.32 Å². The Bertz CT molecular complexity index is 585. The Balaban J connectivity index is 2.13. The van der Waals surface area contributed by atoms with E-state index in [-0.39, 0.29) is 9.88 Å². The predicted octanol–water partition coefficient (Wildman–Crippen LogP) is 2.42. The Morgan fingerprint density at radius 1 is 1.48 bits per heavy atom. The number of amides is 1. The van der Waals surface area contributed by atoms with Gasteiger partial charge in [-0.2, -0.15) is 0 Å². The number of aliphatic carboxylic acids is 1. The number of nitrogens with one attached hydrogen (secondary N) is 1. The van der Waals surface area contributed by atoms with Crippen molar-refractivity contribution in [1.29, 1.82) is 0 Å². The fourth-order valence-corrected chi connectivity index (χ4v) is 3.32. The third kappa shape index (κ3) is 3.05. The third-order valence-electron chi connectivity index (χ3n) is 4.00. The molecule has 0 aliphatic heterocycles. The van der Waals surface area contributed by atoms with Gasteiger partial charge in [0.05, 0.1) is 15.2 Å². The van der Waals surface area contributed by atoms with Gasteiger partial charge in [0.15, 0.2) is 0 Å². The van der Waals surface area contributed by atoms with Gasteiger partial charge in [-0.25, -0.2) is 0 Å². The highest BCUT2D eigenvalue weighted by atomic mass is 32.1. The predicted molar refractivity (Wildman–Crippen MR) is 76.4 cm³/mol. The molecule has 2 rings (SSSR count). The fourth-order valence-electron chi connectivity index (χ4n) is 2.60. The molecule has 114 valence electrons. The molecule has 1 aliphatic rings. The highest BCUT2D eigenvalue weighted by molar-refractivity contribution is 7.17. The molecule has 2 unspecified atom stereocenters. The summed E-state index contributed by atoms with van der Waals surface area (Å²) in [7, 11) is 0. The normalized spacial score (nSPS) is 25.3. The number of carbonyl (C=O) groups is 2. The maximum absolute atomic E-state index is 12.1. The van der Waals surface area contributed by atoms with Crippen LogP contribution in [0.15, 0.2) is 12.1 Å². The smallest absolute Gasteiger partial charge is 0.324 e. The van der Waals surface area contributed by atoms with Crippen molar-refractivity contribution in [3.8, 4) is 0 Å². The minimum absolute atomic E-state index is 0.107. The van der Waals surface area contributed by atoms with E-state index < -0.39 is 28.3 Å². The lowest BCUT2D eigenvalue weighted by Gasteiger charge is -2.38. The molecule has 1 aromatic rings. The average Bonchev–Trinajstić information content (AvgIpc) is 2.91. The lowest BCUT2D eigenvalue weighted by molar-refractivity contribution is -0.380. The lowest BCUT2D eigenvalue weighted by Crippen LogP contribution is -2.52. The van der Waals surface area contributed by atoms with Gasteiger partial charge in [-0.15, -0.1) is 0 Å². The number of carboxylic acids is 1.